The fourth-order valence-corrected chi connectivity index (χ4v) is 6.80. The zero-order valence-corrected chi connectivity index (χ0v) is 26.9. The van der Waals surface area contributed by atoms with Crippen LogP contribution in [0.1, 0.15) is 50.2 Å². The fraction of sp³-hybridized carbons (Fsp3) is 0.182. The molecule has 0 fully saturated rings. The molecule has 6 rings (SSSR count). The lowest BCUT2D eigenvalue weighted by Crippen LogP contribution is -2.28. The molecule has 5 aromatic rings. The van der Waals surface area contributed by atoms with Gasteiger partial charge in [-0.05, 0) is 61.2 Å². The molecule has 2 amide bonds. The van der Waals surface area contributed by atoms with Gasteiger partial charge in [0.2, 0.25) is 0 Å². The first-order valence-corrected chi connectivity index (χ1v) is 16.4. The second-order valence-corrected chi connectivity index (χ2v) is 12.7. The number of carbonyl (C=O) groups excluding carboxylic acids is 2. The highest BCUT2D eigenvalue weighted by molar-refractivity contribution is 7.99. The smallest absolute Gasteiger partial charge is 0.273 e. The highest BCUT2D eigenvalue weighted by Crippen LogP contribution is 2.35. The number of nitrogens with zero attached hydrogens (tertiary/aromatic N) is 6. The molecule has 0 bridgehead atoms. The van der Waals surface area contributed by atoms with E-state index in [-0.39, 0.29) is 41.1 Å². The number of aromatic nitrogens is 3. The number of hydrazone groups is 1. The average Bonchev–Trinajstić information content (AvgIpc) is 3.84. The number of nitro groups is 1. The number of hydrogen-bond acceptors (Lipinski definition) is 9. The fourth-order valence-electron chi connectivity index (χ4n) is 5.25. The van der Waals surface area contributed by atoms with Crippen molar-refractivity contribution in [1.82, 2.24) is 25.1 Å². The van der Waals surface area contributed by atoms with Crippen molar-refractivity contribution >= 4 is 46.3 Å². The minimum atomic E-state index is -0.540. The summed E-state index contributed by atoms with van der Waals surface area (Å²) in [5.74, 6) is -0.878. The van der Waals surface area contributed by atoms with Crippen molar-refractivity contribution in [2.24, 2.45) is 5.10 Å². The summed E-state index contributed by atoms with van der Waals surface area (Å²) in [6, 6.07) is 21.7. The zero-order valence-electron chi connectivity index (χ0n) is 25.3. The summed E-state index contributed by atoms with van der Waals surface area (Å²) >= 11 is 2.72. The molecular weight excluding hydrogens is 642 g/mol. The first kappa shape index (κ1) is 31.8. The van der Waals surface area contributed by atoms with Gasteiger partial charge in [-0.25, -0.2) is 9.40 Å². The van der Waals surface area contributed by atoms with Crippen LogP contribution in [0.5, 0.6) is 0 Å². The van der Waals surface area contributed by atoms with E-state index in [4.69, 9.17) is 5.10 Å². The molecule has 0 saturated carbocycles. The maximum absolute atomic E-state index is 13.8. The number of halogens is 1. The molecule has 238 valence electrons. The van der Waals surface area contributed by atoms with Gasteiger partial charge < -0.3 is 5.32 Å². The van der Waals surface area contributed by atoms with Crippen LogP contribution in [-0.4, -0.2) is 48.0 Å². The molecule has 0 aliphatic carbocycles. The summed E-state index contributed by atoms with van der Waals surface area (Å²) in [5.41, 5.74) is 3.70. The SMILES string of the molecule is Cc1ccc([C@H]2CC(c3cccs3)=NN2C(=O)CSc2nnc(CNC(=O)c3cccc([N+](=O)[O-])c3C)n2-c2ccc(F)cc2)cc1. The highest BCUT2D eigenvalue weighted by atomic mass is 32.2. The molecule has 1 aliphatic heterocycles. The Morgan fingerprint density at radius 1 is 1.04 bits per heavy atom. The number of aryl methyl sites for hydroxylation is 1. The topological polar surface area (TPSA) is 136 Å². The Hall–Kier alpha value is -5.21. The van der Waals surface area contributed by atoms with Gasteiger partial charge in [0, 0.05) is 29.3 Å². The summed E-state index contributed by atoms with van der Waals surface area (Å²) in [5, 5.41) is 31.3. The number of nitro benzene ring substituents is 1. The second kappa shape index (κ2) is 13.6. The minimum Gasteiger partial charge on any atom is -0.345 e. The molecule has 0 unspecified atom stereocenters. The summed E-state index contributed by atoms with van der Waals surface area (Å²) in [4.78, 5) is 38.6. The van der Waals surface area contributed by atoms with Crippen LogP contribution in [0.3, 0.4) is 0 Å². The van der Waals surface area contributed by atoms with E-state index in [1.165, 1.54) is 42.3 Å². The largest absolute Gasteiger partial charge is 0.345 e. The van der Waals surface area contributed by atoms with Gasteiger partial charge in [-0.15, -0.1) is 21.5 Å². The molecule has 0 saturated heterocycles. The molecule has 0 radical (unpaired) electrons. The van der Waals surface area contributed by atoms with Gasteiger partial charge in [-0.1, -0.05) is 53.7 Å². The van der Waals surface area contributed by atoms with Crippen LogP contribution in [0.25, 0.3) is 5.69 Å². The zero-order chi connectivity index (χ0) is 33.1. The maximum atomic E-state index is 13.8. The number of hydrogen-bond donors (Lipinski definition) is 1. The number of nitrogens with one attached hydrogen (secondary N) is 1. The van der Waals surface area contributed by atoms with Crippen molar-refractivity contribution < 1.29 is 18.9 Å². The Labute approximate surface area is 277 Å². The highest BCUT2D eigenvalue weighted by Gasteiger charge is 2.33. The maximum Gasteiger partial charge on any atom is 0.273 e. The van der Waals surface area contributed by atoms with Crippen molar-refractivity contribution in [3.63, 3.8) is 0 Å². The average molecular weight is 670 g/mol. The van der Waals surface area contributed by atoms with E-state index in [0.717, 1.165) is 33.5 Å². The van der Waals surface area contributed by atoms with Crippen LogP contribution in [-0.2, 0) is 11.3 Å². The molecule has 2 aromatic heterocycles. The first-order chi connectivity index (χ1) is 22.7. The van der Waals surface area contributed by atoms with E-state index in [1.54, 1.807) is 28.0 Å². The van der Waals surface area contributed by atoms with Gasteiger partial charge in [-0.3, -0.25) is 24.3 Å². The van der Waals surface area contributed by atoms with Crippen LogP contribution in [0.15, 0.2) is 94.5 Å². The third kappa shape index (κ3) is 6.83. The molecule has 47 heavy (non-hydrogen) atoms. The van der Waals surface area contributed by atoms with E-state index in [1.807, 2.05) is 48.7 Å². The van der Waals surface area contributed by atoms with Crippen LogP contribution < -0.4 is 5.32 Å². The molecule has 0 spiro atoms. The monoisotopic (exact) mass is 669 g/mol. The second-order valence-electron chi connectivity index (χ2n) is 10.8. The van der Waals surface area contributed by atoms with Crippen molar-refractivity contribution in [1.29, 1.82) is 0 Å². The molecule has 1 aliphatic rings. The third-order valence-corrected chi connectivity index (χ3v) is 9.53. The lowest BCUT2D eigenvalue weighted by molar-refractivity contribution is -0.385. The number of thioether (sulfide) groups is 1. The van der Waals surface area contributed by atoms with Crippen molar-refractivity contribution in [2.75, 3.05) is 5.75 Å². The van der Waals surface area contributed by atoms with E-state index >= 15 is 0 Å². The molecule has 1 N–H and O–H groups in total. The van der Waals surface area contributed by atoms with Gasteiger partial charge >= 0.3 is 0 Å². The molecule has 11 nitrogen and oxygen atoms in total. The van der Waals surface area contributed by atoms with Gasteiger partial charge in [0.15, 0.2) is 11.0 Å². The standard InChI is InChI=1S/C33H28FN7O4S2/c1-20-8-10-22(11-9-20)28-17-26(29-7-4-16-46-29)38-40(28)31(42)19-47-33-37-36-30(39(33)24-14-12-23(34)13-15-24)18-35-32(43)25-5-3-6-27(21(25)2)41(44)45/h3-16,28H,17-19H2,1-2H3,(H,35,43)/t28-/m1/s1. The van der Waals surface area contributed by atoms with Crippen molar-refractivity contribution in [3.05, 3.63) is 133 Å². The van der Waals surface area contributed by atoms with Gasteiger partial charge in [0.1, 0.15) is 5.82 Å². The summed E-state index contributed by atoms with van der Waals surface area (Å²) in [6.45, 7) is 3.43. The van der Waals surface area contributed by atoms with Gasteiger partial charge in [0.05, 0.1) is 33.9 Å². The number of rotatable bonds is 10. The molecule has 1 atom stereocenters. The van der Waals surface area contributed by atoms with E-state index in [2.05, 4.69) is 15.5 Å². The van der Waals surface area contributed by atoms with Crippen molar-refractivity contribution in [2.45, 2.75) is 38.0 Å². The first-order valence-electron chi connectivity index (χ1n) is 14.5. The number of amides is 2. The Balaban J connectivity index is 1.24. The molecular formula is C33H28FN7O4S2. The van der Waals surface area contributed by atoms with Crippen LogP contribution in [0.4, 0.5) is 10.1 Å². The summed E-state index contributed by atoms with van der Waals surface area (Å²) in [6.07, 6.45) is 0.583. The van der Waals surface area contributed by atoms with Crippen molar-refractivity contribution in [3.8, 4) is 5.69 Å². The Bertz CT molecular complexity index is 1980. The summed E-state index contributed by atoms with van der Waals surface area (Å²) in [7, 11) is 0. The third-order valence-electron chi connectivity index (χ3n) is 7.70. The Morgan fingerprint density at radius 3 is 2.51 bits per heavy atom. The predicted octanol–water partition coefficient (Wildman–Crippen LogP) is 6.39. The summed E-state index contributed by atoms with van der Waals surface area (Å²) < 4.78 is 15.5. The molecule has 3 aromatic carbocycles. The predicted molar refractivity (Wildman–Crippen MR) is 177 cm³/mol. The number of benzene rings is 3. The minimum absolute atomic E-state index is 0.0118. The van der Waals surface area contributed by atoms with E-state index in [9.17, 15) is 24.1 Å². The van der Waals surface area contributed by atoms with E-state index < -0.39 is 16.6 Å². The molecule has 14 heteroatoms. The number of carbonyl (C=O) groups is 2. The van der Waals surface area contributed by atoms with Gasteiger partial charge in [-0.2, -0.15) is 5.10 Å². The number of thiophene rings is 1. The Kier molecular flexibility index (Phi) is 9.22. The van der Waals surface area contributed by atoms with Gasteiger partial charge in [0.25, 0.3) is 17.5 Å². The lowest BCUT2D eigenvalue weighted by Gasteiger charge is -2.22. The van der Waals surface area contributed by atoms with Crippen LogP contribution >= 0.6 is 23.1 Å². The Morgan fingerprint density at radius 2 is 1.81 bits per heavy atom. The van der Waals surface area contributed by atoms with Crippen LogP contribution in [0, 0.1) is 29.8 Å². The quantitative estimate of drug-likeness (QED) is 0.103. The normalized spacial score (nSPS) is 14.2. The molecule has 3 heterocycles. The lowest BCUT2D eigenvalue weighted by atomic mass is 10.00. The van der Waals surface area contributed by atoms with Crippen LogP contribution in [0.2, 0.25) is 0 Å². The van der Waals surface area contributed by atoms with E-state index in [0.29, 0.717) is 23.1 Å².